The van der Waals surface area contributed by atoms with E-state index in [0.717, 1.165) is 6.42 Å². The van der Waals surface area contributed by atoms with Gasteiger partial charge in [-0.2, -0.15) is 0 Å². The van der Waals surface area contributed by atoms with Gasteiger partial charge in [-0.3, -0.25) is 14.5 Å². The summed E-state index contributed by atoms with van der Waals surface area (Å²) in [6, 6.07) is 0. The molecule has 0 radical (unpaired) electrons. The first-order valence-corrected chi connectivity index (χ1v) is 5.46. The third kappa shape index (κ3) is 1.34. The second kappa shape index (κ2) is 3.05. The number of imide groups is 1. The first-order valence-electron chi connectivity index (χ1n) is 5.46. The topological polar surface area (TPSA) is 37.4 Å². The van der Waals surface area contributed by atoms with Crippen molar-refractivity contribution in [2.24, 2.45) is 17.8 Å². The van der Waals surface area contributed by atoms with Crippen LogP contribution in [-0.2, 0) is 9.59 Å². The summed E-state index contributed by atoms with van der Waals surface area (Å²) < 4.78 is 0. The van der Waals surface area contributed by atoms with Gasteiger partial charge < -0.3 is 0 Å². The van der Waals surface area contributed by atoms with Gasteiger partial charge in [-0.15, -0.1) is 0 Å². The van der Waals surface area contributed by atoms with E-state index in [4.69, 9.17) is 0 Å². The van der Waals surface area contributed by atoms with Crippen molar-refractivity contribution in [3.8, 4) is 0 Å². The minimum Gasteiger partial charge on any atom is -0.275 e. The van der Waals surface area contributed by atoms with Gasteiger partial charge in [0.2, 0.25) is 0 Å². The van der Waals surface area contributed by atoms with Crippen LogP contribution in [0.1, 0.15) is 12.8 Å². The second-order valence-electron chi connectivity index (χ2n) is 4.66. The van der Waals surface area contributed by atoms with Crippen LogP contribution in [-0.4, -0.2) is 23.3 Å². The van der Waals surface area contributed by atoms with Gasteiger partial charge in [0, 0.05) is 18.7 Å². The average Bonchev–Trinajstić information content (AvgIpc) is 2.89. The van der Waals surface area contributed by atoms with E-state index in [9.17, 15) is 9.59 Å². The molecule has 1 fully saturated rings. The summed E-state index contributed by atoms with van der Waals surface area (Å²) >= 11 is 0. The lowest BCUT2D eigenvalue weighted by Crippen LogP contribution is -2.35. The maximum atomic E-state index is 11.4. The highest BCUT2D eigenvalue weighted by atomic mass is 16.2. The van der Waals surface area contributed by atoms with E-state index in [1.165, 1.54) is 23.5 Å². The van der Waals surface area contributed by atoms with Crippen molar-refractivity contribution in [2.75, 3.05) is 6.54 Å². The largest absolute Gasteiger partial charge is 0.275 e. The summed E-state index contributed by atoms with van der Waals surface area (Å²) in [5.74, 6) is 1.49. The normalized spacial score (nSPS) is 37.3. The Morgan fingerprint density at radius 1 is 1.13 bits per heavy atom. The Bertz CT molecular complexity index is 365. The van der Waals surface area contributed by atoms with Crippen molar-refractivity contribution >= 4 is 11.8 Å². The molecule has 2 aliphatic carbocycles. The van der Waals surface area contributed by atoms with Crippen LogP contribution in [0, 0.1) is 17.8 Å². The highest BCUT2D eigenvalue weighted by molar-refractivity contribution is 6.12. The number of rotatable bonds is 2. The molecule has 3 unspecified atom stereocenters. The number of carbonyl (C=O) groups is 2. The summed E-state index contributed by atoms with van der Waals surface area (Å²) in [4.78, 5) is 24.1. The molecule has 0 aromatic rings. The molecule has 2 bridgehead atoms. The number of amides is 2. The summed E-state index contributed by atoms with van der Waals surface area (Å²) in [5.41, 5.74) is 0. The number of nitrogens with zero attached hydrogens (tertiary/aromatic N) is 1. The van der Waals surface area contributed by atoms with Gasteiger partial charge in [0.15, 0.2) is 0 Å². The van der Waals surface area contributed by atoms with Crippen molar-refractivity contribution < 1.29 is 9.59 Å². The number of hydrogen-bond donors (Lipinski definition) is 0. The first kappa shape index (κ1) is 8.89. The molecule has 0 saturated heterocycles. The Morgan fingerprint density at radius 2 is 1.87 bits per heavy atom. The van der Waals surface area contributed by atoms with Crippen LogP contribution in [0.4, 0.5) is 0 Å². The van der Waals surface area contributed by atoms with E-state index in [2.05, 4.69) is 12.2 Å². The standard InChI is InChI=1S/C12H13NO2/c14-11-3-4-12(15)13(11)7-10-6-8-1-2-9(10)5-8/h1-4,8-10H,5-7H2. The molecule has 0 aromatic carbocycles. The third-order valence-corrected chi connectivity index (χ3v) is 3.73. The van der Waals surface area contributed by atoms with Crippen LogP contribution in [0.25, 0.3) is 0 Å². The van der Waals surface area contributed by atoms with Crippen molar-refractivity contribution in [1.82, 2.24) is 4.90 Å². The number of allylic oxidation sites excluding steroid dienone is 2. The lowest BCUT2D eigenvalue weighted by atomic mass is 9.93. The van der Waals surface area contributed by atoms with E-state index >= 15 is 0 Å². The molecular formula is C12H13NO2. The molecule has 3 heteroatoms. The molecule has 2 amide bonds. The number of hydrogen-bond acceptors (Lipinski definition) is 2. The van der Waals surface area contributed by atoms with Crippen LogP contribution in [0.3, 0.4) is 0 Å². The monoisotopic (exact) mass is 203 g/mol. The third-order valence-electron chi connectivity index (χ3n) is 3.73. The SMILES string of the molecule is O=C1C=CC(=O)N1CC1CC2C=CC1C2. The highest BCUT2D eigenvalue weighted by Gasteiger charge is 2.38. The van der Waals surface area contributed by atoms with E-state index < -0.39 is 0 Å². The maximum Gasteiger partial charge on any atom is 0.253 e. The molecule has 0 N–H and O–H groups in total. The molecule has 1 saturated carbocycles. The molecule has 0 spiro atoms. The van der Waals surface area contributed by atoms with Gasteiger partial charge in [0.05, 0.1) is 0 Å². The maximum absolute atomic E-state index is 11.4. The van der Waals surface area contributed by atoms with E-state index in [1.807, 2.05) is 0 Å². The lowest BCUT2D eigenvalue weighted by molar-refractivity contribution is -0.137. The summed E-state index contributed by atoms with van der Waals surface area (Å²) in [5, 5.41) is 0. The zero-order valence-corrected chi connectivity index (χ0v) is 8.43. The molecule has 3 aliphatic rings. The fourth-order valence-electron chi connectivity index (χ4n) is 2.95. The molecule has 0 aromatic heterocycles. The summed E-state index contributed by atoms with van der Waals surface area (Å²) in [6.07, 6.45) is 9.60. The average molecular weight is 203 g/mol. The van der Waals surface area contributed by atoms with Crippen LogP contribution in [0.15, 0.2) is 24.3 Å². The molecular weight excluding hydrogens is 190 g/mol. The van der Waals surface area contributed by atoms with Gasteiger partial charge in [-0.05, 0) is 30.6 Å². The fraction of sp³-hybridized carbons (Fsp3) is 0.500. The van der Waals surface area contributed by atoms with Crippen LogP contribution in [0.2, 0.25) is 0 Å². The van der Waals surface area contributed by atoms with E-state index in [1.54, 1.807) is 0 Å². The Labute approximate surface area is 88.4 Å². The number of carbonyl (C=O) groups excluding carboxylic acids is 2. The molecule has 3 nitrogen and oxygen atoms in total. The van der Waals surface area contributed by atoms with E-state index in [0.29, 0.717) is 24.3 Å². The van der Waals surface area contributed by atoms with Gasteiger partial charge in [-0.1, -0.05) is 12.2 Å². The summed E-state index contributed by atoms with van der Waals surface area (Å²) in [6.45, 7) is 0.607. The zero-order valence-electron chi connectivity index (χ0n) is 8.43. The van der Waals surface area contributed by atoms with Crippen molar-refractivity contribution in [3.63, 3.8) is 0 Å². The Morgan fingerprint density at radius 3 is 2.40 bits per heavy atom. The first-order chi connectivity index (χ1) is 7.24. The summed E-state index contributed by atoms with van der Waals surface area (Å²) in [7, 11) is 0. The molecule has 3 rings (SSSR count). The van der Waals surface area contributed by atoms with E-state index in [-0.39, 0.29) is 11.8 Å². The Hall–Kier alpha value is -1.38. The fourth-order valence-corrected chi connectivity index (χ4v) is 2.95. The molecule has 1 heterocycles. The molecule has 15 heavy (non-hydrogen) atoms. The number of fused-ring (bicyclic) bond motifs is 2. The van der Waals surface area contributed by atoms with Crippen molar-refractivity contribution in [3.05, 3.63) is 24.3 Å². The minimum atomic E-state index is -0.147. The predicted octanol–water partition coefficient (Wildman–Crippen LogP) is 1.12. The van der Waals surface area contributed by atoms with Crippen molar-refractivity contribution in [1.29, 1.82) is 0 Å². The minimum absolute atomic E-state index is 0.147. The quantitative estimate of drug-likeness (QED) is 0.498. The Balaban J connectivity index is 1.69. The highest BCUT2D eigenvalue weighted by Crippen LogP contribution is 2.43. The van der Waals surface area contributed by atoms with Crippen LogP contribution < -0.4 is 0 Å². The van der Waals surface area contributed by atoms with Gasteiger partial charge in [-0.25, -0.2) is 0 Å². The smallest absolute Gasteiger partial charge is 0.253 e. The van der Waals surface area contributed by atoms with Gasteiger partial charge >= 0.3 is 0 Å². The van der Waals surface area contributed by atoms with Crippen LogP contribution >= 0.6 is 0 Å². The van der Waals surface area contributed by atoms with Crippen molar-refractivity contribution in [2.45, 2.75) is 12.8 Å². The molecule has 78 valence electrons. The van der Waals surface area contributed by atoms with Gasteiger partial charge in [0.25, 0.3) is 11.8 Å². The predicted molar refractivity (Wildman–Crippen MR) is 54.7 cm³/mol. The lowest BCUT2D eigenvalue weighted by Gasteiger charge is -2.23. The second-order valence-corrected chi connectivity index (χ2v) is 4.66. The van der Waals surface area contributed by atoms with Gasteiger partial charge in [0.1, 0.15) is 0 Å². The zero-order chi connectivity index (χ0) is 10.4. The van der Waals surface area contributed by atoms with Crippen LogP contribution in [0.5, 0.6) is 0 Å². The Kier molecular flexibility index (Phi) is 1.81. The molecule has 1 aliphatic heterocycles. The molecule has 3 atom stereocenters.